The minimum Gasteiger partial charge on any atom is -0.497 e. The predicted octanol–water partition coefficient (Wildman–Crippen LogP) is 3.87. The van der Waals surface area contributed by atoms with Gasteiger partial charge < -0.3 is 4.74 Å². The van der Waals surface area contributed by atoms with Crippen molar-refractivity contribution in [1.82, 2.24) is 0 Å². The molecule has 0 fully saturated rings. The van der Waals surface area contributed by atoms with Crippen molar-refractivity contribution in [2.45, 2.75) is 0 Å². The molecule has 0 N–H and O–H groups in total. The second kappa shape index (κ2) is 6.10. The van der Waals surface area contributed by atoms with Crippen LogP contribution in [0.15, 0.2) is 48.5 Å². The molecule has 0 heterocycles. The summed E-state index contributed by atoms with van der Waals surface area (Å²) in [5.74, 6) is -1.39. The molecule has 0 aliphatic heterocycles. The fourth-order valence-electron chi connectivity index (χ4n) is 1.67. The summed E-state index contributed by atoms with van der Waals surface area (Å²) in [6, 6.07) is 9.91. The van der Waals surface area contributed by atoms with Gasteiger partial charge in [-0.3, -0.25) is 4.79 Å². The SMILES string of the molecule is COc1ccc(/C=C/C(=O)c2ccc(F)cc2F)cc1. The van der Waals surface area contributed by atoms with Gasteiger partial charge in [0, 0.05) is 6.07 Å². The number of hydrogen-bond donors (Lipinski definition) is 0. The number of rotatable bonds is 4. The largest absolute Gasteiger partial charge is 0.497 e. The molecule has 20 heavy (non-hydrogen) atoms. The van der Waals surface area contributed by atoms with E-state index >= 15 is 0 Å². The number of halogens is 2. The molecule has 2 aromatic rings. The van der Waals surface area contributed by atoms with Gasteiger partial charge in [0.05, 0.1) is 12.7 Å². The first-order chi connectivity index (χ1) is 9.60. The first-order valence-corrected chi connectivity index (χ1v) is 5.91. The number of carbonyl (C=O) groups excluding carboxylic acids is 1. The lowest BCUT2D eigenvalue weighted by Crippen LogP contribution is -1.99. The maximum atomic E-state index is 13.4. The van der Waals surface area contributed by atoms with Crippen LogP contribution in [-0.4, -0.2) is 12.9 Å². The number of benzene rings is 2. The van der Waals surface area contributed by atoms with E-state index in [0.717, 1.165) is 17.7 Å². The van der Waals surface area contributed by atoms with Crippen LogP contribution in [0, 0.1) is 11.6 Å². The van der Waals surface area contributed by atoms with E-state index in [1.54, 1.807) is 37.5 Å². The van der Waals surface area contributed by atoms with E-state index < -0.39 is 17.4 Å². The highest BCUT2D eigenvalue weighted by atomic mass is 19.1. The minimum absolute atomic E-state index is 0.156. The lowest BCUT2D eigenvalue weighted by Gasteiger charge is -2.00. The van der Waals surface area contributed by atoms with Crippen molar-refractivity contribution in [2.75, 3.05) is 7.11 Å². The van der Waals surface area contributed by atoms with Crippen LogP contribution in [0.4, 0.5) is 8.78 Å². The predicted molar refractivity (Wildman–Crippen MR) is 72.7 cm³/mol. The van der Waals surface area contributed by atoms with E-state index in [0.29, 0.717) is 11.8 Å². The highest BCUT2D eigenvalue weighted by Crippen LogP contribution is 2.14. The molecule has 2 aromatic carbocycles. The normalized spacial score (nSPS) is 10.8. The molecule has 0 radical (unpaired) electrons. The lowest BCUT2D eigenvalue weighted by molar-refractivity contribution is 0.104. The second-order valence-corrected chi connectivity index (χ2v) is 4.09. The van der Waals surface area contributed by atoms with Crippen LogP contribution in [0.5, 0.6) is 5.75 Å². The van der Waals surface area contributed by atoms with E-state index in [2.05, 4.69) is 0 Å². The van der Waals surface area contributed by atoms with Crippen molar-refractivity contribution in [2.24, 2.45) is 0 Å². The molecule has 0 amide bonds. The smallest absolute Gasteiger partial charge is 0.188 e. The zero-order valence-corrected chi connectivity index (χ0v) is 10.8. The Labute approximate surface area is 115 Å². The Bertz CT molecular complexity index is 646. The molecule has 0 aliphatic carbocycles. The van der Waals surface area contributed by atoms with Crippen LogP contribution in [-0.2, 0) is 0 Å². The molecule has 0 spiro atoms. The molecular weight excluding hydrogens is 262 g/mol. The third kappa shape index (κ3) is 3.29. The summed E-state index contributed by atoms with van der Waals surface area (Å²) in [4.78, 5) is 11.8. The van der Waals surface area contributed by atoms with Crippen LogP contribution in [0.1, 0.15) is 15.9 Å². The number of ketones is 1. The monoisotopic (exact) mass is 274 g/mol. The summed E-state index contributed by atoms with van der Waals surface area (Å²) in [5, 5.41) is 0. The maximum absolute atomic E-state index is 13.4. The fraction of sp³-hybridized carbons (Fsp3) is 0.0625. The molecule has 0 aliphatic rings. The molecular formula is C16H12F2O2. The van der Waals surface area contributed by atoms with Crippen LogP contribution >= 0.6 is 0 Å². The quantitative estimate of drug-likeness (QED) is 0.625. The summed E-state index contributed by atoms with van der Waals surface area (Å²) < 4.78 is 31.2. The van der Waals surface area contributed by atoms with Gasteiger partial charge in [-0.1, -0.05) is 18.2 Å². The first-order valence-electron chi connectivity index (χ1n) is 5.91. The van der Waals surface area contributed by atoms with Crippen molar-refractivity contribution < 1.29 is 18.3 Å². The number of ether oxygens (including phenoxy) is 1. The van der Waals surface area contributed by atoms with Gasteiger partial charge in [0.2, 0.25) is 0 Å². The van der Waals surface area contributed by atoms with E-state index in [1.165, 1.54) is 6.08 Å². The number of hydrogen-bond acceptors (Lipinski definition) is 2. The highest BCUT2D eigenvalue weighted by molar-refractivity contribution is 6.06. The molecule has 4 heteroatoms. The van der Waals surface area contributed by atoms with Crippen molar-refractivity contribution in [3.05, 3.63) is 71.3 Å². The van der Waals surface area contributed by atoms with Crippen molar-refractivity contribution in [3.63, 3.8) is 0 Å². The average molecular weight is 274 g/mol. The Morgan fingerprint density at radius 1 is 1.10 bits per heavy atom. The van der Waals surface area contributed by atoms with Crippen molar-refractivity contribution in [3.8, 4) is 5.75 Å². The average Bonchev–Trinajstić information content (AvgIpc) is 2.45. The molecule has 0 bridgehead atoms. The number of allylic oxidation sites excluding steroid dienone is 1. The Balaban J connectivity index is 2.15. The van der Waals surface area contributed by atoms with Gasteiger partial charge >= 0.3 is 0 Å². The molecule has 0 unspecified atom stereocenters. The Kier molecular flexibility index (Phi) is 4.25. The standard InChI is InChI=1S/C16H12F2O2/c1-20-13-6-2-11(3-7-13)4-9-16(19)14-8-5-12(17)10-15(14)18/h2-10H,1H3/b9-4+. The topological polar surface area (TPSA) is 26.3 Å². The fourth-order valence-corrected chi connectivity index (χ4v) is 1.67. The van der Waals surface area contributed by atoms with Gasteiger partial charge in [-0.25, -0.2) is 8.78 Å². The highest BCUT2D eigenvalue weighted by Gasteiger charge is 2.09. The third-order valence-corrected chi connectivity index (χ3v) is 2.74. The van der Waals surface area contributed by atoms with Crippen LogP contribution in [0.2, 0.25) is 0 Å². The molecule has 102 valence electrons. The van der Waals surface area contributed by atoms with E-state index in [-0.39, 0.29) is 5.56 Å². The molecule has 0 saturated carbocycles. The number of carbonyl (C=O) groups is 1. The maximum Gasteiger partial charge on any atom is 0.188 e. The van der Waals surface area contributed by atoms with Crippen LogP contribution < -0.4 is 4.74 Å². The lowest BCUT2D eigenvalue weighted by atomic mass is 10.1. The second-order valence-electron chi connectivity index (χ2n) is 4.09. The summed E-state index contributed by atoms with van der Waals surface area (Å²) in [5.41, 5.74) is 0.623. The molecule has 2 rings (SSSR count). The Hall–Kier alpha value is -2.49. The van der Waals surface area contributed by atoms with E-state index in [9.17, 15) is 13.6 Å². The molecule has 0 aromatic heterocycles. The van der Waals surface area contributed by atoms with Gasteiger partial charge in [-0.15, -0.1) is 0 Å². The minimum atomic E-state index is -0.866. The van der Waals surface area contributed by atoms with Gasteiger partial charge in [0.25, 0.3) is 0 Å². The van der Waals surface area contributed by atoms with E-state index in [1.807, 2.05) is 0 Å². The third-order valence-electron chi connectivity index (χ3n) is 2.74. The Morgan fingerprint density at radius 3 is 2.40 bits per heavy atom. The Morgan fingerprint density at radius 2 is 1.80 bits per heavy atom. The summed E-state index contributed by atoms with van der Waals surface area (Å²) >= 11 is 0. The molecule has 0 atom stereocenters. The van der Waals surface area contributed by atoms with Gasteiger partial charge in [0.15, 0.2) is 5.78 Å². The van der Waals surface area contributed by atoms with Gasteiger partial charge in [0.1, 0.15) is 17.4 Å². The molecule has 0 saturated heterocycles. The van der Waals surface area contributed by atoms with Crippen LogP contribution in [0.3, 0.4) is 0 Å². The zero-order valence-electron chi connectivity index (χ0n) is 10.8. The molecule has 2 nitrogen and oxygen atoms in total. The van der Waals surface area contributed by atoms with Crippen molar-refractivity contribution >= 4 is 11.9 Å². The van der Waals surface area contributed by atoms with Gasteiger partial charge in [-0.2, -0.15) is 0 Å². The van der Waals surface area contributed by atoms with Crippen molar-refractivity contribution in [1.29, 1.82) is 0 Å². The van der Waals surface area contributed by atoms with E-state index in [4.69, 9.17) is 4.74 Å². The summed E-state index contributed by atoms with van der Waals surface area (Å²) in [6.07, 6.45) is 2.81. The first kappa shape index (κ1) is 13.9. The summed E-state index contributed by atoms with van der Waals surface area (Å²) in [7, 11) is 1.56. The number of methoxy groups -OCH3 is 1. The summed E-state index contributed by atoms with van der Waals surface area (Å²) in [6.45, 7) is 0. The zero-order chi connectivity index (χ0) is 14.5. The van der Waals surface area contributed by atoms with Gasteiger partial charge in [-0.05, 0) is 35.9 Å². The van der Waals surface area contributed by atoms with Crippen LogP contribution in [0.25, 0.3) is 6.08 Å².